The predicted octanol–water partition coefficient (Wildman–Crippen LogP) is -4.64. The van der Waals surface area contributed by atoms with Crippen molar-refractivity contribution >= 4 is 21.9 Å². The third-order valence-corrected chi connectivity index (χ3v) is 3.98. The first-order valence-electron chi connectivity index (χ1n) is 6.34. The van der Waals surface area contributed by atoms with Gasteiger partial charge in [0, 0.05) is 12.0 Å². The molecule has 2 aliphatic rings. The van der Waals surface area contributed by atoms with Crippen molar-refractivity contribution in [3.05, 3.63) is 11.5 Å². The topological polar surface area (TPSA) is 116 Å². The minimum atomic E-state index is -3.44. The van der Waals surface area contributed by atoms with Gasteiger partial charge in [0.15, 0.2) is 6.23 Å². The summed E-state index contributed by atoms with van der Waals surface area (Å²) in [4.78, 5) is 24.3. The quantitative estimate of drug-likeness (QED) is 0.406. The molecule has 2 heterocycles. The van der Waals surface area contributed by atoms with Gasteiger partial charge in [-0.2, -0.15) is 0 Å². The van der Waals surface area contributed by atoms with E-state index in [1.165, 1.54) is 0 Å². The largest absolute Gasteiger partial charge is 1.00 e. The first-order valence-corrected chi connectivity index (χ1v) is 8.23. The van der Waals surface area contributed by atoms with E-state index in [0.29, 0.717) is 0 Å². The first kappa shape index (κ1) is 19.4. The Morgan fingerprint density at radius 3 is 2.36 bits per heavy atom. The van der Waals surface area contributed by atoms with Crippen LogP contribution in [0.25, 0.3) is 0 Å². The molecule has 118 valence electrons. The average molecular weight is 340 g/mol. The molecule has 0 bridgehead atoms. The number of carboxylic acids is 1. The molecule has 0 aromatic heterocycles. The van der Waals surface area contributed by atoms with Crippen molar-refractivity contribution in [2.24, 2.45) is 11.3 Å². The van der Waals surface area contributed by atoms with E-state index in [-0.39, 0.29) is 47.6 Å². The summed E-state index contributed by atoms with van der Waals surface area (Å²) >= 11 is 0. The number of amides is 1. The first-order chi connectivity index (χ1) is 9.43. The number of hydrogen-bond donors (Lipinski definition) is 1. The van der Waals surface area contributed by atoms with Crippen LogP contribution in [-0.2, 0) is 24.3 Å². The van der Waals surface area contributed by atoms with Gasteiger partial charge in [-0.3, -0.25) is 9.69 Å². The number of β-lactam (4-membered cyclic amide) rings is 1. The van der Waals surface area contributed by atoms with E-state index in [1.807, 2.05) is 0 Å². The van der Waals surface area contributed by atoms with E-state index < -0.39 is 39.5 Å². The van der Waals surface area contributed by atoms with Crippen LogP contribution in [0, 0.1) is 11.3 Å². The molecule has 10 heteroatoms. The third kappa shape index (κ3) is 3.48. The standard InChI is InChI=1S/C12H18N2O6S.Na/c1-12(2,3)8-7(11(16)17)14-9(15)6(10(14)20-8)5-13-21(4,18)19;/h6,10,13H,5H2,1-4H3,(H,16,17);/q;+1/p-1/t6-,10+;/m0./s1. The molecule has 0 aromatic rings. The SMILES string of the molecule is CC(C)(C)C1=C(C(=O)[O-])N2C(=O)[C@H](CNS(C)(=O)=O)[C@H]2O1.[Na+]. The average Bonchev–Trinajstić information content (AvgIpc) is 2.63. The molecule has 0 radical (unpaired) electrons. The van der Waals surface area contributed by atoms with Gasteiger partial charge in [-0.1, -0.05) is 20.8 Å². The summed E-state index contributed by atoms with van der Waals surface area (Å²) < 4.78 is 30.0. The van der Waals surface area contributed by atoms with Gasteiger partial charge in [0.2, 0.25) is 15.9 Å². The molecule has 8 nitrogen and oxygen atoms in total. The molecular formula is C12H17N2NaO6S. The zero-order chi connectivity index (χ0) is 16.2. The van der Waals surface area contributed by atoms with Gasteiger partial charge in [-0.25, -0.2) is 13.1 Å². The molecule has 1 fully saturated rings. The molecule has 1 N–H and O–H groups in total. The van der Waals surface area contributed by atoms with Crippen molar-refractivity contribution in [3.8, 4) is 0 Å². The summed E-state index contributed by atoms with van der Waals surface area (Å²) in [6.07, 6.45) is 0.184. The fourth-order valence-corrected chi connectivity index (χ4v) is 2.82. The number of carbonyl (C=O) groups excluding carboxylic acids is 2. The van der Waals surface area contributed by atoms with E-state index in [1.54, 1.807) is 20.8 Å². The zero-order valence-electron chi connectivity index (χ0n) is 13.2. The second-order valence-corrected chi connectivity index (χ2v) is 7.99. The Hall–Kier alpha value is -0.610. The summed E-state index contributed by atoms with van der Waals surface area (Å²) in [6.45, 7) is 5.14. The maximum atomic E-state index is 12.0. The summed E-state index contributed by atoms with van der Waals surface area (Å²) in [7, 11) is -3.44. The molecule has 2 atom stereocenters. The normalized spacial score (nSPS) is 24.4. The Labute approximate surface area is 151 Å². The molecule has 0 spiro atoms. The fraction of sp³-hybridized carbons (Fsp3) is 0.667. The van der Waals surface area contributed by atoms with Gasteiger partial charge in [-0.15, -0.1) is 0 Å². The number of allylic oxidation sites excluding steroid dienone is 1. The number of carbonyl (C=O) groups is 2. The number of carboxylic acid groups (broad SMARTS) is 1. The number of aliphatic carboxylic acids is 1. The Kier molecular flexibility index (Phi) is 5.41. The van der Waals surface area contributed by atoms with Crippen LogP contribution in [0.3, 0.4) is 0 Å². The maximum absolute atomic E-state index is 12.0. The van der Waals surface area contributed by atoms with E-state index in [4.69, 9.17) is 4.74 Å². The van der Waals surface area contributed by atoms with Gasteiger partial charge < -0.3 is 14.6 Å². The van der Waals surface area contributed by atoms with Crippen LogP contribution in [0.1, 0.15) is 20.8 Å². The number of nitrogens with zero attached hydrogens (tertiary/aromatic N) is 1. The fourth-order valence-electron chi connectivity index (χ4n) is 2.33. The molecule has 22 heavy (non-hydrogen) atoms. The van der Waals surface area contributed by atoms with Crippen molar-refractivity contribution < 1.29 is 57.4 Å². The number of sulfonamides is 1. The molecule has 0 aromatic carbocycles. The Morgan fingerprint density at radius 2 is 1.95 bits per heavy atom. The summed E-state index contributed by atoms with van der Waals surface area (Å²) in [6, 6.07) is 0. The van der Waals surface area contributed by atoms with Crippen molar-refractivity contribution in [1.82, 2.24) is 9.62 Å². The van der Waals surface area contributed by atoms with Crippen LogP contribution in [0.5, 0.6) is 0 Å². The molecule has 2 rings (SSSR count). The van der Waals surface area contributed by atoms with E-state index >= 15 is 0 Å². The Balaban J connectivity index is 0.00000242. The van der Waals surface area contributed by atoms with Gasteiger partial charge >= 0.3 is 29.6 Å². The van der Waals surface area contributed by atoms with Crippen LogP contribution in [0.2, 0.25) is 0 Å². The van der Waals surface area contributed by atoms with Crippen LogP contribution >= 0.6 is 0 Å². The molecule has 1 amide bonds. The monoisotopic (exact) mass is 340 g/mol. The Morgan fingerprint density at radius 1 is 1.41 bits per heavy atom. The van der Waals surface area contributed by atoms with Crippen LogP contribution in [0.15, 0.2) is 11.5 Å². The summed E-state index contributed by atoms with van der Waals surface area (Å²) in [5.74, 6) is -2.54. The minimum absolute atomic E-state index is 0. The second-order valence-electron chi connectivity index (χ2n) is 6.16. The van der Waals surface area contributed by atoms with E-state index in [0.717, 1.165) is 11.2 Å². The number of nitrogens with one attached hydrogen (secondary N) is 1. The molecule has 0 aliphatic carbocycles. The maximum Gasteiger partial charge on any atom is 1.00 e. The molecule has 0 saturated carbocycles. The summed E-state index contributed by atoms with van der Waals surface area (Å²) in [5.41, 5.74) is -0.880. The van der Waals surface area contributed by atoms with E-state index in [9.17, 15) is 23.1 Å². The van der Waals surface area contributed by atoms with E-state index in [2.05, 4.69) is 4.72 Å². The third-order valence-electron chi connectivity index (χ3n) is 3.29. The minimum Gasteiger partial charge on any atom is -0.543 e. The number of ether oxygens (including phenoxy) is 1. The predicted molar refractivity (Wildman–Crippen MR) is 69.5 cm³/mol. The van der Waals surface area contributed by atoms with Gasteiger partial charge in [0.05, 0.1) is 12.2 Å². The van der Waals surface area contributed by atoms with Crippen LogP contribution in [0.4, 0.5) is 0 Å². The molecule has 2 aliphatic heterocycles. The summed E-state index contributed by atoms with van der Waals surface area (Å²) in [5, 5.41) is 11.3. The van der Waals surface area contributed by atoms with Gasteiger partial charge in [-0.05, 0) is 0 Å². The Bertz CT molecular complexity index is 636. The molecular weight excluding hydrogens is 323 g/mol. The number of rotatable bonds is 4. The van der Waals surface area contributed by atoms with Crippen molar-refractivity contribution in [2.45, 2.75) is 27.0 Å². The second kappa shape index (κ2) is 6.12. The van der Waals surface area contributed by atoms with Gasteiger partial charge in [0.1, 0.15) is 17.4 Å². The molecule has 1 saturated heterocycles. The van der Waals surface area contributed by atoms with Crippen molar-refractivity contribution in [1.29, 1.82) is 0 Å². The van der Waals surface area contributed by atoms with Crippen LogP contribution in [-0.4, -0.2) is 44.2 Å². The van der Waals surface area contributed by atoms with Gasteiger partial charge in [0.25, 0.3) is 0 Å². The smallest absolute Gasteiger partial charge is 0.543 e. The molecule has 0 unspecified atom stereocenters. The van der Waals surface area contributed by atoms with Crippen molar-refractivity contribution in [3.63, 3.8) is 0 Å². The zero-order valence-corrected chi connectivity index (χ0v) is 16.0. The number of hydrogen-bond acceptors (Lipinski definition) is 6. The van der Waals surface area contributed by atoms with Crippen molar-refractivity contribution in [2.75, 3.05) is 12.8 Å². The number of fused-ring (bicyclic) bond motifs is 1. The van der Waals surface area contributed by atoms with Crippen LogP contribution < -0.4 is 39.4 Å².